The summed E-state index contributed by atoms with van der Waals surface area (Å²) in [5, 5.41) is 2.80. The highest BCUT2D eigenvalue weighted by Gasteiger charge is 2.31. The smallest absolute Gasteiger partial charge is 0.321 e. The summed E-state index contributed by atoms with van der Waals surface area (Å²) in [5.41, 5.74) is 3.52. The molecule has 0 aliphatic carbocycles. The van der Waals surface area contributed by atoms with Crippen molar-refractivity contribution in [1.29, 1.82) is 0 Å². The third-order valence-electron chi connectivity index (χ3n) is 5.18. The molecule has 0 spiro atoms. The number of sulfonamides is 1. The number of urea groups is 1. The number of hydrogen-bond donors (Lipinski definition) is 1. The number of nitrogens with zero attached hydrogens (tertiary/aromatic N) is 2. The van der Waals surface area contributed by atoms with Crippen LogP contribution in [-0.2, 0) is 22.9 Å². The number of para-hydroxylation sites is 1. The normalized spacial score (nSPS) is 16.0. The van der Waals surface area contributed by atoms with Crippen LogP contribution in [0, 0.1) is 0 Å². The van der Waals surface area contributed by atoms with Crippen molar-refractivity contribution in [3.8, 4) is 0 Å². The van der Waals surface area contributed by atoms with E-state index in [9.17, 15) is 13.2 Å². The molecule has 0 aromatic heterocycles. The van der Waals surface area contributed by atoms with Crippen LogP contribution in [0.4, 0.5) is 16.2 Å². The minimum absolute atomic E-state index is 0.142. The number of fused-ring (bicyclic) bond motifs is 2. The molecule has 2 aromatic carbocycles. The van der Waals surface area contributed by atoms with Crippen LogP contribution in [0.15, 0.2) is 47.4 Å². The Labute approximate surface area is 159 Å². The van der Waals surface area contributed by atoms with Crippen molar-refractivity contribution < 1.29 is 13.2 Å². The van der Waals surface area contributed by atoms with Gasteiger partial charge in [-0.05, 0) is 61.6 Å². The van der Waals surface area contributed by atoms with E-state index in [1.165, 1.54) is 4.31 Å². The number of carbonyl (C=O) groups is 1. The molecule has 0 saturated heterocycles. The van der Waals surface area contributed by atoms with Gasteiger partial charge in [0.25, 0.3) is 10.0 Å². The zero-order valence-electron chi connectivity index (χ0n) is 15.3. The lowest BCUT2D eigenvalue weighted by Crippen LogP contribution is -2.38. The largest absolute Gasteiger partial charge is 0.338 e. The minimum atomic E-state index is -3.63. The molecule has 0 unspecified atom stereocenters. The second kappa shape index (κ2) is 6.88. The number of carbonyl (C=O) groups excluding carboxylic acids is 1. The average Bonchev–Trinajstić information content (AvgIpc) is 3.11. The first-order valence-electron chi connectivity index (χ1n) is 9.31. The maximum Gasteiger partial charge on any atom is 0.321 e. The zero-order valence-corrected chi connectivity index (χ0v) is 16.1. The molecule has 2 aliphatic heterocycles. The van der Waals surface area contributed by atoms with Crippen LogP contribution in [0.25, 0.3) is 0 Å². The lowest BCUT2D eigenvalue weighted by molar-refractivity contribution is 0.247. The maximum absolute atomic E-state index is 13.3. The van der Waals surface area contributed by atoms with Crippen LogP contribution >= 0.6 is 0 Å². The van der Waals surface area contributed by atoms with Crippen molar-refractivity contribution in [2.45, 2.75) is 31.1 Å². The third kappa shape index (κ3) is 3.06. The number of benzene rings is 2. The highest BCUT2D eigenvalue weighted by molar-refractivity contribution is 7.92. The van der Waals surface area contributed by atoms with Gasteiger partial charge in [-0.1, -0.05) is 18.2 Å². The standard InChI is InChI=1S/C20H23N3O3S/c1-2-21-20(24)22-13-11-16-14-17(9-10-18(16)22)27(25,26)23-12-5-7-15-6-3-4-8-19(15)23/h3-4,6,8-10,14H,2,5,7,11-13H2,1H3,(H,21,24). The number of hydrogen-bond acceptors (Lipinski definition) is 3. The molecule has 0 saturated carbocycles. The molecule has 2 aliphatic rings. The van der Waals surface area contributed by atoms with Crippen LogP contribution in [0.3, 0.4) is 0 Å². The van der Waals surface area contributed by atoms with Crippen LogP contribution in [0.2, 0.25) is 0 Å². The molecule has 0 bridgehead atoms. The predicted molar refractivity (Wildman–Crippen MR) is 106 cm³/mol. The zero-order chi connectivity index (χ0) is 19.0. The van der Waals surface area contributed by atoms with Crippen molar-refractivity contribution in [2.24, 2.45) is 0 Å². The second-order valence-corrected chi connectivity index (χ2v) is 8.70. The van der Waals surface area contributed by atoms with E-state index in [0.29, 0.717) is 26.1 Å². The van der Waals surface area contributed by atoms with Gasteiger partial charge in [0, 0.05) is 25.3 Å². The highest BCUT2D eigenvalue weighted by atomic mass is 32.2. The molecule has 1 N–H and O–H groups in total. The third-order valence-corrected chi connectivity index (χ3v) is 6.98. The summed E-state index contributed by atoms with van der Waals surface area (Å²) in [6.07, 6.45) is 2.37. The Morgan fingerprint density at radius 3 is 2.67 bits per heavy atom. The Hall–Kier alpha value is -2.54. The van der Waals surface area contributed by atoms with Crippen molar-refractivity contribution in [3.05, 3.63) is 53.6 Å². The molecule has 27 heavy (non-hydrogen) atoms. The number of rotatable bonds is 3. The molecule has 2 amide bonds. The molecule has 4 rings (SSSR count). The molecule has 7 heteroatoms. The number of aryl methyl sites for hydroxylation is 1. The Bertz CT molecular complexity index is 988. The molecular formula is C20H23N3O3S. The summed E-state index contributed by atoms with van der Waals surface area (Å²) in [5.74, 6) is 0. The predicted octanol–water partition coefficient (Wildman–Crippen LogP) is 2.92. The summed E-state index contributed by atoms with van der Waals surface area (Å²) in [4.78, 5) is 14.1. The summed E-state index contributed by atoms with van der Waals surface area (Å²) in [6.45, 7) is 3.49. The van der Waals surface area contributed by atoms with Gasteiger partial charge >= 0.3 is 6.03 Å². The van der Waals surface area contributed by atoms with Crippen molar-refractivity contribution in [2.75, 3.05) is 28.8 Å². The van der Waals surface area contributed by atoms with E-state index in [0.717, 1.165) is 35.3 Å². The molecule has 2 heterocycles. The van der Waals surface area contributed by atoms with E-state index in [1.54, 1.807) is 23.1 Å². The topological polar surface area (TPSA) is 69.7 Å². The van der Waals surface area contributed by atoms with Gasteiger partial charge in [0.2, 0.25) is 0 Å². The summed E-state index contributed by atoms with van der Waals surface area (Å²) in [6, 6.07) is 12.6. The monoisotopic (exact) mass is 385 g/mol. The fourth-order valence-corrected chi connectivity index (χ4v) is 5.46. The highest BCUT2D eigenvalue weighted by Crippen LogP contribution is 2.35. The quantitative estimate of drug-likeness (QED) is 0.883. The van der Waals surface area contributed by atoms with Gasteiger partial charge in [0.05, 0.1) is 10.6 Å². The lowest BCUT2D eigenvalue weighted by Gasteiger charge is -2.30. The molecule has 0 radical (unpaired) electrons. The van der Waals surface area contributed by atoms with Crippen molar-refractivity contribution >= 4 is 27.4 Å². The van der Waals surface area contributed by atoms with E-state index in [-0.39, 0.29) is 10.9 Å². The first-order chi connectivity index (χ1) is 13.0. The number of nitrogens with one attached hydrogen (secondary N) is 1. The maximum atomic E-state index is 13.3. The van der Waals surface area contributed by atoms with Gasteiger partial charge in [-0.2, -0.15) is 0 Å². The molecule has 0 fully saturated rings. The number of anilines is 2. The van der Waals surface area contributed by atoms with Gasteiger partial charge in [0.15, 0.2) is 0 Å². The minimum Gasteiger partial charge on any atom is -0.338 e. The SMILES string of the molecule is CCNC(=O)N1CCc2cc(S(=O)(=O)N3CCCc4ccccc43)ccc21. The Morgan fingerprint density at radius 1 is 1.04 bits per heavy atom. The van der Waals surface area contributed by atoms with E-state index >= 15 is 0 Å². The van der Waals surface area contributed by atoms with E-state index in [2.05, 4.69) is 5.32 Å². The van der Waals surface area contributed by atoms with Crippen LogP contribution in [0.5, 0.6) is 0 Å². The van der Waals surface area contributed by atoms with E-state index in [1.807, 2.05) is 31.2 Å². The summed E-state index contributed by atoms with van der Waals surface area (Å²) in [7, 11) is -3.63. The van der Waals surface area contributed by atoms with Crippen LogP contribution in [-0.4, -0.2) is 34.1 Å². The van der Waals surface area contributed by atoms with Gasteiger partial charge in [0.1, 0.15) is 0 Å². The summed E-state index contributed by atoms with van der Waals surface area (Å²) >= 11 is 0. The average molecular weight is 385 g/mol. The Morgan fingerprint density at radius 2 is 1.85 bits per heavy atom. The summed E-state index contributed by atoms with van der Waals surface area (Å²) < 4.78 is 28.1. The van der Waals surface area contributed by atoms with Gasteiger partial charge in [-0.25, -0.2) is 13.2 Å². The molecule has 0 atom stereocenters. The van der Waals surface area contributed by atoms with E-state index < -0.39 is 10.0 Å². The molecular weight excluding hydrogens is 362 g/mol. The molecule has 2 aromatic rings. The molecule has 142 valence electrons. The van der Waals surface area contributed by atoms with Gasteiger partial charge < -0.3 is 5.32 Å². The lowest BCUT2D eigenvalue weighted by atomic mass is 10.0. The van der Waals surface area contributed by atoms with E-state index in [4.69, 9.17) is 0 Å². The van der Waals surface area contributed by atoms with Crippen LogP contribution < -0.4 is 14.5 Å². The first kappa shape index (κ1) is 17.9. The van der Waals surface area contributed by atoms with Crippen LogP contribution in [0.1, 0.15) is 24.5 Å². The Kier molecular flexibility index (Phi) is 4.55. The number of amides is 2. The van der Waals surface area contributed by atoms with Crippen molar-refractivity contribution in [3.63, 3.8) is 0 Å². The Balaban J connectivity index is 1.68. The molecule has 6 nitrogen and oxygen atoms in total. The second-order valence-electron chi connectivity index (χ2n) is 6.84. The first-order valence-corrected chi connectivity index (χ1v) is 10.8. The van der Waals surface area contributed by atoms with Crippen molar-refractivity contribution in [1.82, 2.24) is 5.32 Å². The fraction of sp³-hybridized carbons (Fsp3) is 0.350. The fourth-order valence-electron chi connectivity index (χ4n) is 3.87. The van der Waals surface area contributed by atoms with Gasteiger partial charge in [-0.3, -0.25) is 9.21 Å². The van der Waals surface area contributed by atoms with Gasteiger partial charge in [-0.15, -0.1) is 0 Å².